The summed E-state index contributed by atoms with van der Waals surface area (Å²) in [5.74, 6) is -6.56. The van der Waals surface area contributed by atoms with E-state index < -0.39 is 53.7 Å². The number of fused-ring (bicyclic) bond motifs is 4. The molecule has 2 bridgehead atoms. The number of phenolic OH excluding ortho intramolecular Hbond substituents is 1. The minimum atomic E-state index is -5.08. The molecular formula is C36H36F7N7O6. The molecular weight excluding hydrogens is 759 g/mol. The van der Waals surface area contributed by atoms with Crippen molar-refractivity contribution in [3.63, 3.8) is 0 Å². The van der Waals surface area contributed by atoms with Crippen molar-refractivity contribution in [2.24, 2.45) is 5.92 Å². The highest BCUT2D eigenvalue weighted by molar-refractivity contribution is 5.88. The van der Waals surface area contributed by atoms with Crippen LogP contribution in [0.5, 0.6) is 11.8 Å². The van der Waals surface area contributed by atoms with Crippen LogP contribution in [0, 0.1) is 17.2 Å². The van der Waals surface area contributed by atoms with E-state index in [1.54, 1.807) is 31.5 Å². The number of aliphatic carboxylic acids is 2. The molecule has 3 aliphatic rings. The summed E-state index contributed by atoms with van der Waals surface area (Å²) < 4.78 is 86.5. The summed E-state index contributed by atoms with van der Waals surface area (Å²) >= 11 is 0. The van der Waals surface area contributed by atoms with Gasteiger partial charge in [-0.3, -0.25) is 4.98 Å². The van der Waals surface area contributed by atoms with E-state index in [-0.39, 0.29) is 17.8 Å². The predicted molar refractivity (Wildman–Crippen MR) is 184 cm³/mol. The molecule has 2 aromatic carbocycles. The Balaban J connectivity index is 0.000000367. The molecule has 3 saturated heterocycles. The van der Waals surface area contributed by atoms with Crippen molar-refractivity contribution in [1.29, 1.82) is 5.26 Å². The maximum atomic E-state index is 16.9. The summed E-state index contributed by atoms with van der Waals surface area (Å²) in [7, 11) is 2.09. The second-order valence-electron chi connectivity index (χ2n) is 13.6. The number of likely N-dealkylation sites (N-methyl/N-ethyl adjacent to an activating group) is 1. The van der Waals surface area contributed by atoms with E-state index in [4.69, 9.17) is 29.5 Å². The Labute approximate surface area is 314 Å². The zero-order valence-corrected chi connectivity index (χ0v) is 29.7. The molecule has 3 fully saturated rings. The van der Waals surface area contributed by atoms with Crippen molar-refractivity contribution in [3.8, 4) is 17.8 Å². The van der Waals surface area contributed by atoms with Gasteiger partial charge >= 0.3 is 30.3 Å². The molecule has 56 heavy (non-hydrogen) atoms. The van der Waals surface area contributed by atoms with E-state index in [0.29, 0.717) is 36.2 Å². The number of likely N-dealkylation sites (tertiary alicyclic amines) is 1. The zero-order valence-electron chi connectivity index (χ0n) is 29.7. The summed E-state index contributed by atoms with van der Waals surface area (Å²) in [4.78, 5) is 34.0. The Hall–Kier alpha value is -5.39. The van der Waals surface area contributed by atoms with Gasteiger partial charge in [-0.05, 0) is 74.3 Å². The van der Waals surface area contributed by atoms with Gasteiger partial charge in [0.05, 0.1) is 40.8 Å². The number of aromatic hydroxyl groups is 1. The van der Waals surface area contributed by atoms with Gasteiger partial charge in [0.25, 0.3) is 0 Å². The first-order valence-corrected chi connectivity index (χ1v) is 17.1. The van der Waals surface area contributed by atoms with Crippen molar-refractivity contribution in [1.82, 2.24) is 30.3 Å². The zero-order chi connectivity index (χ0) is 41.2. The molecule has 5 unspecified atom stereocenters. The second-order valence-corrected chi connectivity index (χ2v) is 13.6. The SMILES string of the molecule is CC(C#N)C12C(c3cc(O)cc4ccccc34)CC(CNC1c1nc(OC[C@@H]3CCCN3C)nc3ccncc13)N2F.O=C(O)C(F)(F)F.O=C(O)C(F)(F)F. The first kappa shape index (κ1) is 41.8. The number of carboxylic acid groups (broad SMARTS) is 2. The number of pyridine rings is 1. The molecule has 7 rings (SSSR count). The second kappa shape index (κ2) is 16.4. The monoisotopic (exact) mass is 795 g/mol. The fourth-order valence-corrected chi connectivity index (χ4v) is 7.69. The van der Waals surface area contributed by atoms with Gasteiger partial charge in [0.15, 0.2) is 0 Å². The smallest absolute Gasteiger partial charge is 0.490 e. The average Bonchev–Trinajstić information content (AvgIpc) is 3.62. The quantitative estimate of drug-likeness (QED) is 0.134. The number of phenols is 1. The van der Waals surface area contributed by atoms with Crippen molar-refractivity contribution >= 4 is 33.6 Å². The highest BCUT2D eigenvalue weighted by Crippen LogP contribution is 2.59. The largest absolute Gasteiger partial charge is 0.508 e. The van der Waals surface area contributed by atoms with Crippen LogP contribution in [-0.4, -0.2) is 109 Å². The molecule has 0 spiro atoms. The van der Waals surface area contributed by atoms with Crippen molar-refractivity contribution in [2.75, 3.05) is 26.7 Å². The number of nitrogens with one attached hydrogen (secondary N) is 1. The normalized spacial score (nSPS) is 24.4. The van der Waals surface area contributed by atoms with Gasteiger partial charge in [0, 0.05) is 36.3 Å². The van der Waals surface area contributed by atoms with Gasteiger partial charge in [-0.1, -0.05) is 24.3 Å². The Bertz CT molecular complexity index is 2090. The molecule has 20 heteroatoms. The number of nitriles is 1. The number of carboxylic acids is 2. The van der Waals surface area contributed by atoms with E-state index >= 15 is 4.48 Å². The van der Waals surface area contributed by atoms with Gasteiger partial charge in [-0.25, -0.2) is 9.59 Å². The molecule has 4 aromatic rings. The molecule has 2 aromatic heterocycles. The first-order valence-electron chi connectivity index (χ1n) is 17.1. The van der Waals surface area contributed by atoms with Gasteiger partial charge < -0.3 is 30.3 Å². The molecule has 300 valence electrons. The molecule has 0 saturated carbocycles. The fourth-order valence-electron chi connectivity index (χ4n) is 7.69. The van der Waals surface area contributed by atoms with Crippen LogP contribution in [0.1, 0.15) is 49.4 Å². The first-order chi connectivity index (χ1) is 26.3. The Morgan fingerprint density at radius 2 is 1.73 bits per heavy atom. The van der Waals surface area contributed by atoms with Gasteiger partial charge in [-0.15, -0.1) is 9.60 Å². The Kier molecular flexibility index (Phi) is 12.2. The molecule has 4 N–H and O–H groups in total. The standard InChI is InChI=1S/C32H34FN7O2.2C2HF3O2/c1-19(15-34)32-27(25-14-23(41)12-20-6-3-4-8-24(20)25)13-22(40(32)33)16-36-30(32)29-26-17-35-10-9-28(26)37-31(38-29)42-18-21-7-5-11-39(21)2;2*3-2(4,5)1(6)7/h3-4,6,8-10,12,14,17,19,21-22,27,30,36,41H,5,7,11,13,16,18H2,1-2H3;2*(H,6,7)/t19?,21-,22?,27?,30?,32?;;/m0../s1. The minimum absolute atomic E-state index is 0.115. The molecule has 13 nitrogen and oxygen atoms in total. The van der Waals surface area contributed by atoms with Gasteiger partial charge in [0.2, 0.25) is 0 Å². The van der Waals surface area contributed by atoms with Crippen LogP contribution in [0.25, 0.3) is 21.7 Å². The van der Waals surface area contributed by atoms with Crippen LogP contribution in [0.2, 0.25) is 0 Å². The van der Waals surface area contributed by atoms with Crippen molar-refractivity contribution < 1.29 is 60.5 Å². The average molecular weight is 796 g/mol. The number of benzene rings is 2. The summed E-state index contributed by atoms with van der Waals surface area (Å²) in [5, 5.41) is 42.4. The number of halogens is 7. The number of carbonyl (C=O) groups is 2. The number of hydrogen-bond donors (Lipinski definition) is 4. The maximum Gasteiger partial charge on any atom is 0.490 e. The number of aromatic nitrogens is 3. The minimum Gasteiger partial charge on any atom is -0.508 e. The predicted octanol–water partition coefficient (Wildman–Crippen LogP) is 5.91. The molecule has 0 amide bonds. The summed E-state index contributed by atoms with van der Waals surface area (Å²) in [6.45, 7) is 3.65. The number of rotatable bonds is 6. The lowest BCUT2D eigenvalue weighted by Gasteiger charge is -2.49. The van der Waals surface area contributed by atoms with E-state index in [1.807, 2.05) is 30.3 Å². The molecule has 0 radical (unpaired) electrons. The van der Waals surface area contributed by atoms with Crippen LogP contribution in [0.4, 0.5) is 30.8 Å². The van der Waals surface area contributed by atoms with Crippen LogP contribution in [0.15, 0.2) is 54.9 Å². The third kappa shape index (κ3) is 8.39. The van der Waals surface area contributed by atoms with E-state index in [0.717, 1.165) is 40.8 Å². The third-order valence-corrected chi connectivity index (χ3v) is 10.3. The Morgan fingerprint density at radius 3 is 2.34 bits per heavy atom. The maximum absolute atomic E-state index is 16.9. The van der Waals surface area contributed by atoms with Crippen LogP contribution in [0.3, 0.4) is 0 Å². The van der Waals surface area contributed by atoms with E-state index in [9.17, 15) is 36.7 Å². The Morgan fingerprint density at radius 1 is 1.07 bits per heavy atom. The van der Waals surface area contributed by atoms with Crippen LogP contribution >= 0.6 is 0 Å². The molecule has 5 heterocycles. The van der Waals surface area contributed by atoms with Crippen LogP contribution < -0.4 is 10.1 Å². The third-order valence-electron chi connectivity index (χ3n) is 10.3. The fraction of sp³-hybridized carbons (Fsp3) is 0.444. The lowest BCUT2D eigenvalue weighted by atomic mass is 9.67. The van der Waals surface area contributed by atoms with Gasteiger partial charge in [-0.2, -0.15) is 41.6 Å². The van der Waals surface area contributed by atoms with Crippen molar-refractivity contribution in [2.45, 2.75) is 68.1 Å². The van der Waals surface area contributed by atoms with Gasteiger partial charge in [0.1, 0.15) is 12.4 Å². The summed E-state index contributed by atoms with van der Waals surface area (Å²) in [6.07, 6.45) is -4.14. The molecule has 0 aliphatic carbocycles. The number of piperazine rings is 1. The van der Waals surface area contributed by atoms with Crippen LogP contribution in [-0.2, 0) is 9.59 Å². The summed E-state index contributed by atoms with van der Waals surface area (Å²) in [5.41, 5.74) is 0.705. The topological polar surface area (TPSA) is 185 Å². The highest BCUT2D eigenvalue weighted by atomic mass is 19.4. The number of nitrogens with zero attached hydrogens (tertiary/aromatic N) is 6. The van der Waals surface area contributed by atoms with E-state index in [2.05, 4.69) is 33.3 Å². The highest BCUT2D eigenvalue weighted by Gasteiger charge is 2.65. The lowest BCUT2D eigenvalue weighted by molar-refractivity contribution is -0.193. The molecule has 6 atom stereocenters. The lowest BCUT2D eigenvalue weighted by Crippen LogP contribution is -2.63. The number of hydrogen-bond acceptors (Lipinski definition) is 11. The number of ether oxygens (including phenoxy) is 1. The van der Waals surface area contributed by atoms with Crippen molar-refractivity contribution in [3.05, 3.63) is 66.1 Å². The number of alkyl halides is 6. The molecule has 3 aliphatic heterocycles. The van der Waals surface area contributed by atoms with E-state index in [1.165, 1.54) is 0 Å². The summed E-state index contributed by atoms with van der Waals surface area (Å²) in [6, 6.07) is 14.8.